The molecule has 10 nitrogen and oxygen atoms in total. The van der Waals surface area contributed by atoms with Gasteiger partial charge in [-0.25, -0.2) is 0 Å². The van der Waals surface area contributed by atoms with E-state index in [0.717, 1.165) is 52.9 Å². The molecule has 3 aliphatic heterocycles. The summed E-state index contributed by atoms with van der Waals surface area (Å²) in [6.45, 7) is 3.24. The maximum absolute atomic E-state index is 12.8. The number of benzene rings is 2. The van der Waals surface area contributed by atoms with E-state index in [0.29, 0.717) is 25.3 Å². The van der Waals surface area contributed by atoms with Gasteiger partial charge < -0.3 is 23.1 Å². The number of aromatic amines is 1. The second-order valence-corrected chi connectivity index (χ2v) is 9.86. The van der Waals surface area contributed by atoms with Crippen LogP contribution in [0, 0.1) is 11.3 Å². The van der Waals surface area contributed by atoms with Gasteiger partial charge in [0.1, 0.15) is 11.8 Å². The molecule has 0 saturated carbocycles. The molecule has 3 aliphatic rings. The minimum Gasteiger partial charge on any atom is -1.00 e. The van der Waals surface area contributed by atoms with E-state index in [9.17, 15) is 15.2 Å². The van der Waals surface area contributed by atoms with Crippen LogP contribution in [0.15, 0.2) is 71.3 Å². The Balaban J connectivity index is 0.00000154. The number of nitrogens with one attached hydrogen (secondary N) is 2. The van der Waals surface area contributed by atoms with E-state index in [1.165, 1.54) is 0 Å². The first kappa shape index (κ1) is 30.3. The fourth-order valence-electron chi connectivity index (χ4n) is 5.67. The smallest absolute Gasteiger partial charge is 1.00 e. The van der Waals surface area contributed by atoms with Gasteiger partial charge in [-0.1, -0.05) is 61.9 Å². The second kappa shape index (κ2) is 12.9. The average Bonchev–Trinajstić information content (AvgIpc) is 3.65. The Bertz CT molecular complexity index is 1490. The number of aromatic nitrogens is 4. The topological polar surface area (TPSA) is 134 Å². The van der Waals surface area contributed by atoms with Crippen molar-refractivity contribution in [3.63, 3.8) is 0 Å². The van der Waals surface area contributed by atoms with Gasteiger partial charge in [-0.05, 0) is 34.7 Å². The van der Waals surface area contributed by atoms with Gasteiger partial charge in [0.05, 0.1) is 24.4 Å². The van der Waals surface area contributed by atoms with E-state index in [2.05, 4.69) is 62.0 Å². The monoisotopic (exact) mass is 556 g/mol. The fraction of sp³-hybridized carbons (Fsp3) is 0.321. The maximum Gasteiger partial charge on any atom is 1.00 e. The first-order valence-corrected chi connectivity index (χ1v) is 12.9. The van der Waals surface area contributed by atoms with Crippen LogP contribution in [0.3, 0.4) is 0 Å². The van der Waals surface area contributed by atoms with Crippen molar-refractivity contribution in [1.82, 2.24) is 35.7 Å². The molecule has 0 saturated heterocycles. The van der Waals surface area contributed by atoms with Gasteiger partial charge in [0, 0.05) is 24.2 Å². The molecule has 12 heteroatoms. The zero-order chi connectivity index (χ0) is 26.2. The molecule has 6 rings (SSSR count). The van der Waals surface area contributed by atoms with Crippen molar-refractivity contribution in [3.05, 3.63) is 76.8 Å². The molecule has 0 bridgehead atoms. The third kappa shape index (κ3) is 5.47. The fourth-order valence-corrected chi connectivity index (χ4v) is 5.67. The molecule has 0 radical (unpaired) electrons. The van der Waals surface area contributed by atoms with Crippen LogP contribution in [0.1, 0.15) is 41.0 Å². The minimum atomic E-state index is -0.464. The number of hydrogen-bond donors (Lipinski definition) is 3. The van der Waals surface area contributed by atoms with Crippen molar-refractivity contribution in [2.75, 3.05) is 6.54 Å². The number of aliphatic hydroxyl groups excluding tert-OH is 1. The molecule has 2 atom stereocenters. The number of nitrogens with zero attached hydrogens (tertiary/aromatic N) is 6. The summed E-state index contributed by atoms with van der Waals surface area (Å²) in [4.78, 5) is 16.8. The Labute approximate surface area is 280 Å². The molecule has 3 N–H and O–H groups in total. The van der Waals surface area contributed by atoms with Gasteiger partial charge >= 0.3 is 59.1 Å². The van der Waals surface area contributed by atoms with E-state index in [1.54, 1.807) is 4.90 Å². The predicted octanol–water partition coefficient (Wildman–Crippen LogP) is -2.15. The number of fused-ring (bicyclic) bond motifs is 1. The van der Waals surface area contributed by atoms with Crippen molar-refractivity contribution in [1.29, 1.82) is 5.26 Å². The summed E-state index contributed by atoms with van der Waals surface area (Å²) in [6.07, 6.45) is 3.76. The van der Waals surface area contributed by atoms with Gasteiger partial charge in [-0.2, -0.15) is 10.5 Å². The summed E-state index contributed by atoms with van der Waals surface area (Å²) in [6, 6.07) is 17.9. The molecule has 0 fully saturated rings. The number of rotatable bonds is 7. The molecule has 3 aromatic rings. The van der Waals surface area contributed by atoms with Crippen LogP contribution < -0.4 is 64.4 Å². The van der Waals surface area contributed by atoms with Crippen molar-refractivity contribution in [2.45, 2.75) is 51.4 Å². The van der Waals surface area contributed by atoms with E-state index in [4.69, 9.17) is 0 Å². The number of H-pyrrole nitrogens is 1. The number of tetrazole rings is 1. The molecule has 2 aromatic carbocycles. The molecule has 1 amide bonds. The minimum absolute atomic E-state index is 0. The first-order valence-electron chi connectivity index (χ1n) is 12.9. The normalized spacial score (nSPS) is 19.4. The molecular formula is C28H30N8Na2O2. The number of aliphatic hydroxyl groups is 1. The molecule has 1 aromatic heterocycles. The van der Waals surface area contributed by atoms with Gasteiger partial charge in [-0.15, -0.1) is 10.2 Å². The standard InChI is InChI=1S/C28H28N8O2.2Na.2H/c1-2-3-8-25-30-22-13-23-26(37)21(14-29)28(38)36(23)16-24(22)35(25)15-17-9-11-18(12-10-17)19-6-4-5-7-20(19)27-31-33-34-32-27;;;;/h4-7,9-12,23,25,30,37H,2-3,8,13,15-16H2,1H3,(H,31,32,33,34);;;;/q;2*+1;2*-1. The Morgan fingerprint density at radius 3 is 2.58 bits per heavy atom. The Hall–Kier alpha value is -2.65. The maximum atomic E-state index is 12.8. The molecular weight excluding hydrogens is 526 g/mol. The van der Waals surface area contributed by atoms with Gasteiger partial charge in [-0.3, -0.25) is 4.79 Å². The molecule has 0 aliphatic carbocycles. The van der Waals surface area contributed by atoms with Crippen LogP contribution >= 0.6 is 0 Å². The Morgan fingerprint density at radius 1 is 1.15 bits per heavy atom. The van der Waals surface area contributed by atoms with Crippen molar-refractivity contribution in [2.24, 2.45) is 0 Å². The van der Waals surface area contributed by atoms with Gasteiger partial charge in [0.25, 0.3) is 5.91 Å². The SMILES string of the molecule is CCCCC1NC2=C(CN3C(=O)C(C#N)=C(O)C3C2)N1Cc1ccc(-c2ccccc2-c2nn[nH]n2)cc1.[H-].[H-].[Na+].[Na+]. The summed E-state index contributed by atoms with van der Waals surface area (Å²) < 4.78 is 0. The third-order valence-corrected chi connectivity index (χ3v) is 7.63. The number of carbonyl (C=O) groups is 1. The molecule has 4 heterocycles. The van der Waals surface area contributed by atoms with Crippen LogP contribution in [0.4, 0.5) is 0 Å². The number of amides is 1. The first-order chi connectivity index (χ1) is 18.6. The van der Waals surface area contributed by atoms with Gasteiger partial charge in [0.15, 0.2) is 5.57 Å². The quantitative estimate of drug-likeness (QED) is 0.281. The Morgan fingerprint density at radius 2 is 1.90 bits per heavy atom. The molecule has 2 unspecified atom stereocenters. The van der Waals surface area contributed by atoms with Crippen molar-refractivity contribution >= 4 is 5.91 Å². The van der Waals surface area contributed by atoms with Gasteiger partial charge in [0.2, 0.25) is 5.82 Å². The van der Waals surface area contributed by atoms with E-state index < -0.39 is 6.04 Å². The zero-order valence-electron chi connectivity index (χ0n) is 25.1. The summed E-state index contributed by atoms with van der Waals surface area (Å²) >= 11 is 0. The van der Waals surface area contributed by atoms with Crippen LogP contribution in [0.5, 0.6) is 0 Å². The Kier molecular flexibility index (Phi) is 9.77. The molecule has 196 valence electrons. The number of hydrogen-bond acceptors (Lipinski definition) is 8. The zero-order valence-corrected chi connectivity index (χ0v) is 27.1. The van der Waals surface area contributed by atoms with Crippen LogP contribution in [0.25, 0.3) is 22.5 Å². The largest absolute Gasteiger partial charge is 1.00 e. The van der Waals surface area contributed by atoms with E-state index in [-0.39, 0.29) is 85.4 Å². The molecule has 40 heavy (non-hydrogen) atoms. The van der Waals surface area contributed by atoms with Crippen molar-refractivity contribution in [3.8, 4) is 28.6 Å². The average molecular weight is 557 g/mol. The number of unbranched alkanes of at least 4 members (excludes halogenated alkanes) is 1. The predicted molar refractivity (Wildman–Crippen MR) is 142 cm³/mol. The van der Waals surface area contributed by atoms with Crippen LogP contribution in [-0.2, 0) is 11.3 Å². The molecule has 0 spiro atoms. The number of nitriles is 1. The van der Waals surface area contributed by atoms with Crippen LogP contribution in [0.2, 0.25) is 0 Å². The summed E-state index contributed by atoms with van der Waals surface area (Å²) in [5, 5.41) is 38.0. The van der Waals surface area contributed by atoms with Crippen LogP contribution in [-0.4, -0.2) is 60.2 Å². The summed E-state index contributed by atoms with van der Waals surface area (Å²) in [5.74, 6) is 0.0624. The van der Waals surface area contributed by atoms with Crippen molar-refractivity contribution < 1.29 is 71.9 Å². The van der Waals surface area contributed by atoms with E-state index in [1.807, 2.05) is 30.3 Å². The second-order valence-electron chi connectivity index (χ2n) is 9.86. The number of carbonyl (C=O) groups excluding carboxylic acids is 1. The summed E-state index contributed by atoms with van der Waals surface area (Å²) in [5.41, 5.74) is 6.13. The van der Waals surface area contributed by atoms with E-state index >= 15 is 0 Å². The summed E-state index contributed by atoms with van der Waals surface area (Å²) in [7, 11) is 0. The third-order valence-electron chi connectivity index (χ3n) is 7.63.